The molecule has 0 saturated heterocycles. The third kappa shape index (κ3) is 4.33. The largest absolute Gasteiger partial charge is 0.496 e. The number of esters is 1. The van der Waals surface area contributed by atoms with E-state index >= 15 is 0 Å². The van der Waals surface area contributed by atoms with E-state index in [0.717, 1.165) is 10.0 Å². The van der Waals surface area contributed by atoms with E-state index in [4.69, 9.17) is 14.2 Å². The number of thiazole rings is 1. The minimum absolute atomic E-state index is 0.230. The summed E-state index contributed by atoms with van der Waals surface area (Å²) in [5, 5.41) is 0. The van der Waals surface area contributed by atoms with Gasteiger partial charge in [0.2, 0.25) is 0 Å². The second-order valence-corrected chi connectivity index (χ2v) is 9.31. The molecule has 0 amide bonds. The maximum Gasteiger partial charge on any atom is 0.338 e. The fraction of sp³-hybridized carbons (Fsp3) is 0.240. The van der Waals surface area contributed by atoms with Gasteiger partial charge in [-0.2, -0.15) is 0 Å². The van der Waals surface area contributed by atoms with Gasteiger partial charge in [0.25, 0.3) is 5.56 Å². The fourth-order valence-electron chi connectivity index (χ4n) is 3.88. The molecule has 2 aromatic carbocycles. The average molecular weight is 543 g/mol. The molecule has 0 saturated carbocycles. The van der Waals surface area contributed by atoms with Crippen LogP contribution in [0.2, 0.25) is 0 Å². The van der Waals surface area contributed by atoms with Crippen LogP contribution < -0.4 is 24.4 Å². The van der Waals surface area contributed by atoms with Crippen molar-refractivity contribution in [1.82, 2.24) is 4.57 Å². The minimum Gasteiger partial charge on any atom is -0.496 e. The summed E-state index contributed by atoms with van der Waals surface area (Å²) < 4.78 is 18.9. The lowest BCUT2D eigenvalue weighted by Gasteiger charge is -2.24. The van der Waals surface area contributed by atoms with Crippen molar-refractivity contribution in [2.75, 3.05) is 20.8 Å². The van der Waals surface area contributed by atoms with E-state index in [-0.39, 0.29) is 12.2 Å². The number of hydrogen-bond donors (Lipinski definition) is 0. The minimum atomic E-state index is -0.636. The lowest BCUT2D eigenvalue weighted by atomic mass is 9.96. The topological polar surface area (TPSA) is 79.1 Å². The molecule has 1 aliphatic heterocycles. The Kier molecular flexibility index (Phi) is 7.04. The van der Waals surface area contributed by atoms with Crippen molar-refractivity contribution in [2.45, 2.75) is 19.9 Å². The van der Waals surface area contributed by atoms with Crippen LogP contribution in [0.25, 0.3) is 6.08 Å². The van der Waals surface area contributed by atoms with Gasteiger partial charge >= 0.3 is 5.97 Å². The van der Waals surface area contributed by atoms with Gasteiger partial charge in [0.1, 0.15) is 11.5 Å². The Morgan fingerprint density at radius 3 is 2.53 bits per heavy atom. The number of benzene rings is 2. The molecule has 1 atom stereocenters. The molecule has 1 aliphatic rings. The number of rotatable bonds is 6. The highest BCUT2D eigenvalue weighted by Gasteiger charge is 2.33. The first-order chi connectivity index (χ1) is 16.4. The van der Waals surface area contributed by atoms with Crippen molar-refractivity contribution < 1.29 is 19.0 Å². The number of aromatic nitrogens is 1. The number of halogens is 1. The fourth-order valence-corrected chi connectivity index (χ4v) is 5.44. The molecule has 0 N–H and O–H groups in total. The Balaban J connectivity index is 1.96. The number of allylic oxidation sites excluding steroid dienone is 1. The monoisotopic (exact) mass is 542 g/mol. The van der Waals surface area contributed by atoms with Gasteiger partial charge in [-0.3, -0.25) is 9.36 Å². The van der Waals surface area contributed by atoms with Gasteiger partial charge in [-0.1, -0.05) is 41.7 Å². The summed E-state index contributed by atoms with van der Waals surface area (Å²) in [6, 6.07) is 12.4. The lowest BCUT2D eigenvalue weighted by Crippen LogP contribution is -2.39. The molecule has 4 rings (SSSR count). The maximum absolute atomic E-state index is 13.7. The van der Waals surface area contributed by atoms with Crippen LogP contribution in [0.5, 0.6) is 11.5 Å². The molecule has 0 spiro atoms. The summed E-state index contributed by atoms with van der Waals surface area (Å²) in [5.74, 6) is 0.704. The van der Waals surface area contributed by atoms with Gasteiger partial charge < -0.3 is 14.2 Å². The van der Waals surface area contributed by atoms with Crippen molar-refractivity contribution in [3.05, 3.63) is 89.0 Å². The molecular weight excluding hydrogens is 520 g/mol. The predicted molar refractivity (Wildman–Crippen MR) is 134 cm³/mol. The van der Waals surface area contributed by atoms with Crippen LogP contribution in [0.1, 0.15) is 31.0 Å². The maximum atomic E-state index is 13.7. The summed E-state index contributed by atoms with van der Waals surface area (Å²) in [5.41, 5.74) is 2.15. The number of carbonyl (C=O) groups is 1. The van der Waals surface area contributed by atoms with E-state index < -0.39 is 12.0 Å². The predicted octanol–water partition coefficient (Wildman–Crippen LogP) is 3.58. The van der Waals surface area contributed by atoms with Gasteiger partial charge in [-0.05, 0) is 47.5 Å². The molecule has 7 nitrogen and oxygen atoms in total. The molecule has 3 aromatic rings. The van der Waals surface area contributed by atoms with Crippen LogP contribution in [0, 0.1) is 0 Å². The number of hydrogen-bond acceptors (Lipinski definition) is 7. The zero-order valence-corrected chi connectivity index (χ0v) is 21.5. The van der Waals surface area contributed by atoms with Gasteiger partial charge in [0.05, 0.1) is 47.1 Å². The third-order valence-corrected chi connectivity index (χ3v) is 7.03. The summed E-state index contributed by atoms with van der Waals surface area (Å²) in [4.78, 5) is 31.7. The zero-order chi connectivity index (χ0) is 24.4. The summed E-state index contributed by atoms with van der Waals surface area (Å²) in [7, 11) is 3.14. The molecule has 2 heterocycles. The molecule has 0 bridgehead atoms. The molecule has 1 aromatic heterocycles. The van der Waals surface area contributed by atoms with Gasteiger partial charge in [-0.15, -0.1) is 0 Å². The molecule has 34 heavy (non-hydrogen) atoms. The highest BCUT2D eigenvalue weighted by Crippen LogP contribution is 2.33. The standard InChI is InChI=1S/C25H23BrN2O5S/c1-5-33-24(30)21-14(2)27-25-28(22(21)15-9-7-6-8-10-15)23(29)20(34-25)12-16-11-17(26)19(32-4)13-18(16)31-3/h6-13,22H,5H2,1-4H3/b20-12-/t22-/m1/s1. The third-order valence-electron chi connectivity index (χ3n) is 5.42. The quantitative estimate of drug-likeness (QED) is 0.445. The van der Waals surface area contributed by atoms with Crippen LogP contribution in [-0.2, 0) is 9.53 Å². The Bertz CT molecular complexity index is 1460. The van der Waals surface area contributed by atoms with Crippen LogP contribution in [0.3, 0.4) is 0 Å². The average Bonchev–Trinajstić information content (AvgIpc) is 3.13. The van der Waals surface area contributed by atoms with Crippen molar-refractivity contribution in [3.63, 3.8) is 0 Å². The van der Waals surface area contributed by atoms with Crippen LogP contribution in [0.15, 0.2) is 68.0 Å². The SMILES string of the molecule is CCOC(=O)C1=C(C)N=c2s/c(=C\c3cc(Br)c(OC)cc3OC)c(=O)n2[C@@H]1c1ccccc1. The van der Waals surface area contributed by atoms with E-state index in [2.05, 4.69) is 20.9 Å². The smallest absolute Gasteiger partial charge is 0.338 e. The summed E-state index contributed by atoms with van der Waals surface area (Å²) >= 11 is 4.75. The second kappa shape index (κ2) is 9.99. The first-order valence-corrected chi connectivity index (χ1v) is 12.2. The summed E-state index contributed by atoms with van der Waals surface area (Å²) in [6.45, 7) is 3.75. The van der Waals surface area contributed by atoms with Gasteiger partial charge in [0, 0.05) is 11.6 Å². The van der Waals surface area contributed by atoms with Crippen molar-refractivity contribution in [1.29, 1.82) is 0 Å². The molecule has 0 radical (unpaired) electrons. The number of methoxy groups -OCH3 is 2. The Labute approximate surface area is 208 Å². The Morgan fingerprint density at radius 2 is 1.88 bits per heavy atom. The van der Waals surface area contributed by atoms with Gasteiger partial charge in [-0.25, -0.2) is 9.79 Å². The van der Waals surface area contributed by atoms with Gasteiger partial charge in [0.15, 0.2) is 4.80 Å². The van der Waals surface area contributed by atoms with Crippen LogP contribution in [0.4, 0.5) is 0 Å². The zero-order valence-electron chi connectivity index (χ0n) is 19.1. The molecule has 0 aliphatic carbocycles. The number of nitrogens with zero attached hydrogens (tertiary/aromatic N) is 2. The lowest BCUT2D eigenvalue weighted by molar-refractivity contribution is -0.139. The Morgan fingerprint density at radius 1 is 1.18 bits per heavy atom. The van der Waals surface area contributed by atoms with Crippen molar-refractivity contribution in [3.8, 4) is 11.5 Å². The molecular formula is C25H23BrN2O5S. The van der Waals surface area contributed by atoms with Crippen LogP contribution in [-0.4, -0.2) is 31.4 Å². The highest BCUT2D eigenvalue weighted by molar-refractivity contribution is 9.10. The van der Waals surface area contributed by atoms with Crippen molar-refractivity contribution >= 4 is 39.3 Å². The second-order valence-electron chi connectivity index (χ2n) is 7.44. The number of carbonyl (C=O) groups excluding carboxylic acids is 1. The highest BCUT2D eigenvalue weighted by atomic mass is 79.9. The van der Waals surface area contributed by atoms with E-state index in [0.29, 0.717) is 37.7 Å². The van der Waals surface area contributed by atoms with E-state index in [1.807, 2.05) is 36.4 Å². The molecule has 176 valence electrons. The Hall–Kier alpha value is -3.17. The molecule has 0 unspecified atom stereocenters. The number of fused-ring (bicyclic) bond motifs is 1. The summed E-state index contributed by atoms with van der Waals surface area (Å²) in [6.07, 6.45) is 1.76. The van der Waals surface area contributed by atoms with Crippen LogP contribution >= 0.6 is 27.3 Å². The molecule has 9 heteroatoms. The number of ether oxygens (including phenoxy) is 3. The first-order valence-electron chi connectivity index (χ1n) is 10.6. The van der Waals surface area contributed by atoms with E-state index in [1.165, 1.54) is 11.3 Å². The first kappa shape index (κ1) is 24.0. The van der Waals surface area contributed by atoms with E-state index in [1.54, 1.807) is 44.8 Å². The molecule has 0 fully saturated rings. The normalized spacial score (nSPS) is 15.6. The van der Waals surface area contributed by atoms with E-state index in [9.17, 15) is 9.59 Å². The van der Waals surface area contributed by atoms with Crippen molar-refractivity contribution in [2.24, 2.45) is 4.99 Å².